The molecule has 300 valence electrons. The zero-order chi connectivity index (χ0) is 40.5. The van der Waals surface area contributed by atoms with Gasteiger partial charge in [0, 0.05) is 80.1 Å². The van der Waals surface area contributed by atoms with Gasteiger partial charge in [0.25, 0.3) is 11.8 Å². The Morgan fingerprint density at radius 1 is 0.746 bits per heavy atom. The Kier molecular flexibility index (Phi) is 10.4. The number of hydrogen-bond acceptors (Lipinski definition) is 12. The number of nitrogens with one attached hydrogen (secondary N) is 1. The number of fused-ring (bicyclic) bond motifs is 2. The van der Waals surface area contributed by atoms with Crippen LogP contribution in [0.4, 0.5) is 5.69 Å². The van der Waals surface area contributed by atoms with Crippen LogP contribution in [0.3, 0.4) is 0 Å². The summed E-state index contributed by atoms with van der Waals surface area (Å²) in [6, 6.07) is 22.2. The summed E-state index contributed by atoms with van der Waals surface area (Å²) in [6.45, 7) is 5.32. The van der Waals surface area contributed by atoms with Crippen LogP contribution >= 0.6 is 0 Å². The molecule has 2 fully saturated rings. The molecule has 2 aromatic heterocycles. The van der Waals surface area contributed by atoms with E-state index >= 15 is 0 Å². The summed E-state index contributed by atoms with van der Waals surface area (Å²) in [6.07, 6.45) is 7.33. The number of carbonyl (C=O) groups excluding carboxylic acids is 4. The summed E-state index contributed by atoms with van der Waals surface area (Å²) in [7, 11) is 0. The van der Waals surface area contributed by atoms with E-state index in [9.17, 15) is 24.4 Å². The van der Waals surface area contributed by atoms with E-state index in [0.29, 0.717) is 19.8 Å². The number of benzene rings is 3. The normalized spacial score (nSPS) is 18.7. The average Bonchev–Trinajstić information content (AvgIpc) is 3.97. The van der Waals surface area contributed by atoms with Gasteiger partial charge < -0.3 is 19.6 Å². The van der Waals surface area contributed by atoms with Crippen molar-refractivity contribution in [1.29, 1.82) is 0 Å². The minimum Gasteiger partial charge on any atom is -0.491 e. The summed E-state index contributed by atoms with van der Waals surface area (Å²) in [5.41, 5.74) is 9.02. The lowest BCUT2D eigenvalue weighted by atomic mass is 9.98. The van der Waals surface area contributed by atoms with Gasteiger partial charge in [0.05, 0.1) is 35.7 Å². The number of hydrogen-bond donors (Lipinski definition) is 2. The predicted octanol–water partition coefficient (Wildman–Crippen LogP) is 4.34. The van der Waals surface area contributed by atoms with Crippen LogP contribution < -0.4 is 15.0 Å². The summed E-state index contributed by atoms with van der Waals surface area (Å²) in [5, 5.41) is 20.1. The fourth-order valence-corrected chi connectivity index (χ4v) is 8.28. The third kappa shape index (κ3) is 7.57. The fourth-order valence-electron chi connectivity index (χ4n) is 8.28. The number of rotatable bonds is 12. The molecule has 0 saturated carbocycles. The lowest BCUT2D eigenvalue weighted by Gasteiger charge is -2.36. The average molecular weight is 795 g/mol. The highest BCUT2D eigenvalue weighted by Crippen LogP contribution is 2.36. The first-order chi connectivity index (χ1) is 28.8. The molecule has 15 nitrogen and oxygen atoms in total. The van der Waals surface area contributed by atoms with Gasteiger partial charge in [-0.2, -0.15) is 5.10 Å². The Balaban J connectivity index is 0.737. The Bertz CT molecular complexity index is 2460. The number of carbonyl (C=O) groups is 4. The first-order valence-corrected chi connectivity index (χ1v) is 19.8. The van der Waals surface area contributed by atoms with Crippen LogP contribution in [0.15, 0.2) is 96.5 Å². The van der Waals surface area contributed by atoms with Crippen molar-refractivity contribution in [3.05, 3.63) is 114 Å². The first-order valence-electron chi connectivity index (χ1n) is 19.8. The largest absolute Gasteiger partial charge is 0.491 e. The highest BCUT2D eigenvalue weighted by Gasteiger charge is 2.44. The number of anilines is 1. The fraction of sp³-hybridized carbons (Fsp3) is 0.295. The highest BCUT2D eigenvalue weighted by atomic mass is 16.5. The molecule has 1 aliphatic carbocycles. The molecule has 3 aliphatic heterocycles. The minimum absolute atomic E-state index is 0.0853. The van der Waals surface area contributed by atoms with Gasteiger partial charge >= 0.3 is 0 Å². The van der Waals surface area contributed by atoms with E-state index in [2.05, 4.69) is 37.4 Å². The highest BCUT2D eigenvalue weighted by molar-refractivity contribution is 6.23. The molecule has 5 heterocycles. The number of pyridine rings is 1. The van der Waals surface area contributed by atoms with Crippen molar-refractivity contribution in [2.24, 2.45) is 5.16 Å². The molecule has 2 N–H and O–H groups in total. The van der Waals surface area contributed by atoms with Crippen LogP contribution in [0.25, 0.3) is 28.1 Å². The molecule has 3 aromatic carbocycles. The van der Waals surface area contributed by atoms with Crippen LogP contribution in [0.2, 0.25) is 0 Å². The standard InChI is InChI=1S/C44H42N8O7/c53-40-12-11-39(42(54)46-40)52-43(55)35-9-5-32(26-36(35)44(52)56)50-19-17-49(18-20-50)21-22-58-23-24-59-33-6-3-31(4-7-33)51-27-37(41(47-51)28-13-15-45-16-14-28)30-1-8-34-29(25-30)2-10-38(34)48-57/h1,3-9,13-16,25-27,39,57H,2,10-12,17-24H2,(H,46,53,54)/b48-38+. The topological polar surface area (TPSA) is 172 Å². The van der Waals surface area contributed by atoms with Gasteiger partial charge in [0.2, 0.25) is 11.8 Å². The molecule has 1 atom stereocenters. The lowest BCUT2D eigenvalue weighted by molar-refractivity contribution is -0.136. The number of aryl methyl sites for hydroxylation is 1. The molecule has 4 amide bonds. The van der Waals surface area contributed by atoms with Crippen LogP contribution in [-0.4, -0.2) is 118 Å². The lowest BCUT2D eigenvalue weighted by Crippen LogP contribution is -2.54. The smallest absolute Gasteiger partial charge is 0.262 e. The second-order valence-electron chi connectivity index (χ2n) is 15.0. The molecular weight excluding hydrogens is 753 g/mol. The molecule has 1 unspecified atom stereocenters. The molecule has 59 heavy (non-hydrogen) atoms. The molecule has 9 rings (SSSR count). The van der Waals surface area contributed by atoms with Crippen LogP contribution in [-0.2, 0) is 20.7 Å². The molecule has 0 spiro atoms. The third-order valence-corrected chi connectivity index (χ3v) is 11.5. The van der Waals surface area contributed by atoms with Crippen molar-refractivity contribution in [3.8, 4) is 33.8 Å². The zero-order valence-corrected chi connectivity index (χ0v) is 32.3. The number of piperidine rings is 1. The van der Waals surface area contributed by atoms with Crippen molar-refractivity contribution >= 4 is 35.0 Å². The number of aromatic nitrogens is 3. The summed E-state index contributed by atoms with van der Waals surface area (Å²) >= 11 is 0. The second kappa shape index (κ2) is 16.3. The van der Waals surface area contributed by atoms with E-state index in [1.807, 2.05) is 59.4 Å². The van der Waals surface area contributed by atoms with E-state index in [1.54, 1.807) is 24.5 Å². The van der Waals surface area contributed by atoms with Crippen molar-refractivity contribution in [2.75, 3.05) is 57.4 Å². The van der Waals surface area contributed by atoms with E-state index in [1.165, 1.54) is 0 Å². The van der Waals surface area contributed by atoms with Crippen LogP contribution in [0, 0.1) is 0 Å². The van der Waals surface area contributed by atoms with E-state index in [-0.39, 0.29) is 24.0 Å². The van der Waals surface area contributed by atoms with Gasteiger partial charge in [-0.3, -0.25) is 39.3 Å². The molecule has 0 bridgehead atoms. The summed E-state index contributed by atoms with van der Waals surface area (Å²) in [4.78, 5) is 60.0. The zero-order valence-electron chi connectivity index (χ0n) is 32.3. The second-order valence-corrected chi connectivity index (χ2v) is 15.0. The minimum atomic E-state index is -0.981. The Morgan fingerprint density at radius 3 is 2.29 bits per heavy atom. The van der Waals surface area contributed by atoms with E-state index in [0.717, 1.165) is 107 Å². The Labute approximate surface area is 339 Å². The quantitative estimate of drug-likeness (QED) is 0.0797. The van der Waals surface area contributed by atoms with Gasteiger partial charge in [-0.05, 0) is 85.0 Å². The van der Waals surface area contributed by atoms with Gasteiger partial charge in [-0.25, -0.2) is 4.68 Å². The Hall–Kier alpha value is -6.71. The number of piperazine rings is 1. The van der Waals surface area contributed by atoms with Crippen molar-refractivity contribution in [1.82, 2.24) is 29.9 Å². The van der Waals surface area contributed by atoms with E-state index < -0.39 is 29.7 Å². The maximum atomic E-state index is 13.3. The maximum absolute atomic E-state index is 13.3. The molecule has 0 radical (unpaired) electrons. The summed E-state index contributed by atoms with van der Waals surface area (Å²) in [5.74, 6) is -1.28. The van der Waals surface area contributed by atoms with Crippen LogP contribution in [0.1, 0.15) is 51.1 Å². The SMILES string of the molecule is O=C1CCC(N2C(=O)c3ccc(N4CCN(CCOCCOc5ccc(-n6cc(-c7ccc8c(c7)CC/C8=N\O)c(-c7ccncc7)n6)cc5)CC4)cc3C2=O)C(=O)N1. The van der Waals surface area contributed by atoms with Crippen LogP contribution in [0.5, 0.6) is 5.75 Å². The van der Waals surface area contributed by atoms with Crippen molar-refractivity contribution in [2.45, 2.75) is 31.7 Å². The van der Waals surface area contributed by atoms with Gasteiger partial charge in [0.15, 0.2) is 0 Å². The molecule has 5 aromatic rings. The van der Waals surface area contributed by atoms with E-state index in [4.69, 9.17) is 14.6 Å². The maximum Gasteiger partial charge on any atom is 0.262 e. The van der Waals surface area contributed by atoms with Gasteiger partial charge in [-0.1, -0.05) is 23.4 Å². The number of ether oxygens (including phenoxy) is 2. The predicted molar refractivity (Wildman–Crippen MR) is 217 cm³/mol. The summed E-state index contributed by atoms with van der Waals surface area (Å²) < 4.78 is 13.8. The Morgan fingerprint density at radius 2 is 1.51 bits per heavy atom. The number of nitrogens with zero attached hydrogens (tertiary/aromatic N) is 7. The number of imide groups is 2. The molecular formula is C44H42N8O7. The number of oxime groups is 1. The molecule has 15 heteroatoms. The number of amides is 4. The first kappa shape index (κ1) is 37.8. The monoisotopic (exact) mass is 794 g/mol. The third-order valence-electron chi connectivity index (χ3n) is 11.5. The van der Waals surface area contributed by atoms with Gasteiger partial charge in [-0.15, -0.1) is 0 Å². The van der Waals surface area contributed by atoms with Crippen molar-refractivity contribution in [3.63, 3.8) is 0 Å². The van der Waals surface area contributed by atoms with Gasteiger partial charge in [0.1, 0.15) is 24.1 Å². The molecule has 2 saturated heterocycles. The van der Waals surface area contributed by atoms with Crippen molar-refractivity contribution < 1.29 is 33.9 Å². The molecule has 4 aliphatic rings.